The molecule has 30 nitrogen and oxygen atoms in total. The zero-order chi connectivity index (χ0) is 75.9. The second-order valence-electron chi connectivity index (χ2n) is 26.8. The molecule has 2 aromatic heterocycles. The largest absolute Gasteiger partial charge is 0.481 e. The molecule has 105 heavy (non-hydrogen) atoms. The Bertz CT molecular complexity index is 4440. The number of nitrogens with zero attached hydrogens (tertiary/aromatic N) is 3. The van der Waals surface area contributed by atoms with Gasteiger partial charge in [0, 0.05) is 73.3 Å². The number of nitrogen functional groups attached to an aromatic ring is 1. The Kier molecular flexibility index (Phi) is 23.8. The predicted molar refractivity (Wildman–Crippen MR) is 376 cm³/mol. The number of anilines is 2. The number of aliphatic hydroxyl groups excluding tert-OH is 1. The summed E-state index contributed by atoms with van der Waals surface area (Å²) >= 11 is 0. The van der Waals surface area contributed by atoms with Gasteiger partial charge in [-0.1, -0.05) is 102 Å². The van der Waals surface area contributed by atoms with Gasteiger partial charge in [0.2, 0.25) is 5.95 Å². The summed E-state index contributed by atoms with van der Waals surface area (Å²) in [5, 5.41) is 54.7. The molecule has 32 heteroatoms. The van der Waals surface area contributed by atoms with E-state index in [-0.39, 0.29) is 75.8 Å². The number of benzene rings is 4. The van der Waals surface area contributed by atoms with Crippen LogP contribution in [0.2, 0.25) is 0 Å². The van der Waals surface area contributed by atoms with Crippen molar-refractivity contribution in [2.45, 2.75) is 147 Å². The number of H-pyrrole nitrogens is 1. The van der Waals surface area contributed by atoms with Gasteiger partial charge in [-0.05, 0) is 85.5 Å². The first-order chi connectivity index (χ1) is 49.9. The Labute approximate surface area is 608 Å². The fraction of sp³-hybridized carbons (Fsp3) is 0.411. The first-order valence-corrected chi connectivity index (χ1v) is 35.9. The standard InChI is InChI=1S/C73H78N8O22S2/c1-37-49(100-68(96)56(86)54(40-16-10-7-11-17-40)79-63(89)41-18-12-8-13-19-41)32-73(97)60(102-67(95)43-20-14-9-15-21-43)58-71(6,59(87)57(99-38(2)82)53(37)70(73,4)5)50(31-51-72(58,36-98-51)103-39(3)83)101-52(85)28-29-104-105-35-44(65(91)92)30-47(84)26-27-48(66(93)94)78-62(88)42-22-24-45(25-23-42)75-33-46-34-76-61-55(77-46)64(90)81-69(74)80-61/h7-25,34,44,48-51,54,56-58,60,75,86,97H,26-33,35-36H2,1-6H3,(H,78,88)(H,79,89)(H,91,92)(H,93,94)(H3,74,76,80,81,90)/t44?,48?,49-,50-,51+,54-,56+,57+,58?,60-,71+,72-,73+/m0/s1. The molecule has 2 bridgehead atoms. The minimum atomic E-state index is -2.59. The Morgan fingerprint density at radius 2 is 1.40 bits per heavy atom. The van der Waals surface area contributed by atoms with E-state index < -0.39 is 186 Å². The van der Waals surface area contributed by atoms with Crippen LogP contribution in [0.4, 0.5) is 11.6 Å². The van der Waals surface area contributed by atoms with Crippen LogP contribution in [-0.4, -0.2) is 178 Å². The van der Waals surface area contributed by atoms with Gasteiger partial charge in [-0.2, -0.15) is 4.98 Å². The number of ether oxygens (including phenoxy) is 6. The molecule has 10 N–H and O–H groups in total. The van der Waals surface area contributed by atoms with Crippen LogP contribution in [0.5, 0.6) is 0 Å². The maximum atomic E-state index is 16.5. The normalized spacial score (nSPS) is 24.0. The third-order valence-electron chi connectivity index (χ3n) is 19.7. The van der Waals surface area contributed by atoms with Gasteiger partial charge < -0.3 is 70.5 Å². The van der Waals surface area contributed by atoms with Crippen LogP contribution in [0.3, 0.4) is 0 Å². The van der Waals surface area contributed by atoms with E-state index in [0.29, 0.717) is 16.9 Å². The molecule has 3 heterocycles. The Balaban J connectivity index is 0.839. The van der Waals surface area contributed by atoms with Crippen LogP contribution in [0.1, 0.15) is 128 Å². The number of ketones is 2. The summed E-state index contributed by atoms with van der Waals surface area (Å²) in [5.41, 5.74) is -2.27. The lowest BCUT2D eigenvalue weighted by Crippen LogP contribution is -2.82. The number of Topliss-reactive ketones (excluding diaryl/α,β-unsaturated/α-hetero) is 2. The second kappa shape index (κ2) is 32.3. The average Bonchev–Trinajstić information content (AvgIpc) is 0.667. The van der Waals surface area contributed by atoms with Crippen LogP contribution < -0.4 is 27.2 Å². The molecule has 3 unspecified atom stereocenters. The molecule has 554 valence electrons. The van der Waals surface area contributed by atoms with Gasteiger partial charge in [-0.25, -0.2) is 24.4 Å². The van der Waals surface area contributed by atoms with E-state index in [4.69, 9.17) is 34.2 Å². The lowest BCUT2D eigenvalue weighted by atomic mass is 9.44. The molecule has 6 aromatic rings. The Morgan fingerprint density at radius 3 is 2.02 bits per heavy atom. The molecule has 10 rings (SSSR count). The molecule has 13 atom stereocenters. The van der Waals surface area contributed by atoms with Crippen LogP contribution in [0.25, 0.3) is 11.2 Å². The number of aromatic nitrogens is 4. The number of rotatable bonds is 29. The number of fused-ring (bicyclic) bond motifs is 6. The SMILES string of the molecule is CC(=O)O[C@H]1C(=O)[C@@]2(C)C([C@H](OC(=O)c3ccccc3)[C@]3(O)C[C@H](OC(=O)[C@H](O)[C@@H](NC(=O)c4ccccc4)c4ccccc4)C(C)=C1C3(C)C)[C@]1(OC(C)=O)CO[C@@H]1C[C@@H]2OC(=O)CCSSCC(CC(=O)CCC(NC(=O)c1ccc(NCc2cnc3nc(N)[nH]c(=O)c3n2)cc1)C(=O)O)C(=O)O. The lowest BCUT2D eigenvalue weighted by Gasteiger charge is -2.67. The molecule has 2 amide bonds. The van der Waals surface area contributed by atoms with Crippen molar-refractivity contribution >= 4 is 110 Å². The van der Waals surface area contributed by atoms with Gasteiger partial charge in [-0.15, -0.1) is 0 Å². The van der Waals surface area contributed by atoms with E-state index in [0.717, 1.165) is 35.4 Å². The van der Waals surface area contributed by atoms with Crippen molar-refractivity contribution in [2.24, 2.45) is 22.7 Å². The highest BCUT2D eigenvalue weighted by Crippen LogP contribution is 2.65. The average molecular weight is 1480 g/mol. The second-order valence-corrected chi connectivity index (χ2v) is 29.4. The van der Waals surface area contributed by atoms with Crippen LogP contribution in [-0.2, 0) is 73.3 Å². The third-order valence-corrected chi connectivity index (χ3v) is 22.2. The summed E-state index contributed by atoms with van der Waals surface area (Å²) in [5.74, 6) is -14.4. The molecule has 3 fully saturated rings. The van der Waals surface area contributed by atoms with Crippen molar-refractivity contribution in [3.63, 3.8) is 0 Å². The van der Waals surface area contributed by atoms with Crippen molar-refractivity contribution in [3.8, 4) is 0 Å². The number of aliphatic carboxylic acids is 2. The zero-order valence-corrected chi connectivity index (χ0v) is 59.4. The van der Waals surface area contributed by atoms with E-state index in [1.807, 2.05) is 0 Å². The number of nitrogens with one attached hydrogen (secondary N) is 4. The number of carbonyl (C=O) groups excluding carboxylic acids is 9. The molecule has 4 aliphatic rings. The summed E-state index contributed by atoms with van der Waals surface area (Å²) in [6.45, 7) is 7.59. The predicted octanol–water partition coefficient (Wildman–Crippen LogP) is 5.60. The van der Waals surface area contributed by atoms with Gasteiger partial charge in [0.1, 0.15) is 41.8 Å². The monoisotopic (exact) mass is 1480 g/mol. The number of aromatic amines is 1. The van der Waals surface area contributed by atoms with Crippen molar-refractivity contribution in [1.82, 2.24) is 30.6 Å². The summed E-state index contributed by atoms with van der Waals surface area (Å²) in [4.78, 5) is 180. The number of hydrogen-bond donors (Lipinski definition) is 9. The molecule has 0 radical (unpaired) electrons. The number of hydrogen-bond acceptors (Lipinski definition) is 27. The highest BCUT2D eigenvalue weighted by atomic mass is 33.1. The van der Waals surface area contributed by atoms with Gasteiger partial charge in [-0.3, -0.25) is 48.1 Å². The topological polar surface area (TPSA) is 458 Å². The highest BCUT2D eigenvalue weighted by Gasteiger charge is 2.79. The lowest BCUT2D eigenvalue weighted by molar-refractivity contribution is -0.346. The molecule has 1 saturated heterocycles. The molecular formula is C73H78N8O22S2. The smallest absolute Gasteiger partial charge is 0.338 e. The molecule has 4 aromatic carbocycles. The number of carboxylic acid groups (broad SMARTS) is 2. The summed E-state index contributed by atoms with van der Waals surface area (Å²) in [6.07, 6.45) is -12.0. The zero-order valence-electron chi connectivity index (χ0n) is 57.8. The fourth-order valence-corrected chi connectivity index (χ4v) is 16.5. The molecule has 0 spiro atoms. The fourth-order valence-electron chi connectivity index (χ4n) is 14.3. The molecular weight excluding hydrogens is 1400 g/mol. The summed E-state index contributed by atoms with van der Waals surface area (Å²) in [6, 6.07) is 26.6. The maximum Gasteiger partial charge on any atom is 0.338 e. The molecule has 2 saturated carbocycles. The van der Waals surface area contributed by atoms with Gasteiger partial charge in [0.15, 0.2) is 34.8 Å². The van der Waals surface area contributed by atoms with Gasteiger partial charge in [0.25, 0.3) is 17.4 Å². The van der Waals surface area contributed by atoms with E-state index in [9.17, 15) is 73.2 Å². The Hall–Kier alpha value is -10.4. The van der Waals surface area contributed by atoms with E-state index in [1.165, 1.54) is 70.3 Å². The number of amides is 2. The molecule has 3 aliphatic carbocycles. The van der Waals surface area contributed by atoms with Crippen molar-refractivity contribution < 1.29 is 102 Å². The van der Waals surface area contributed by atoms with Crippen LogP contribution >= 0.6 is 21.6 Å². The number of carbonyl (C=O) groups is 11. The maximum absolute atomic E-state index is 16.5. The van der Waals surface area contributed by atoms with E-state index in [2.05, 4.69) is 35.9 Å². The summed E-state index contributed by atoms with van der Waals surface area (Å²) < 4.78 is 37.5. The number of nitrogens with two attached hydrogens (primary N) is 1. The van der Waals surface area contributed by atoms with Gasteiger partial charge in [0.05, 0.1) is 60.3 Å². The summed E-state index contributed by atoms with van der Waals surface area (Å²) in [7, 11) is 2.04. The third kappa shape index (κ3) is 16.6. The number of aliphatic hydroxyl groups is 2. The Morgan fingerprint density at radius 1 is 0.762 bits per heavy atom. The molecule has 1 aliphatic heterocycles. The van der Waals surface area contributed by atoms with Crippen molar-refractivity contribution in [3.05, 3.63) is 171 Å². The minimum absolute atomic E-state index is 0.0147. The first-order valence-electron chi connectivity index (χ1n) is 33.5. The number of esters is 5. The van der Waals surface area contributed by atoms with Crippen LogP contribution in [0, 0.1) is 22.7 Å². The van der Waals surface area contributed by atoms with E-state index in [1.54, 1.807) is 78.9 Å². The van der Waals surface area contributed by atoms with Crippen molar-refractivity contribution in [2.75, 3.05) is 29.2 Å². The quantitative estimate of drug-likeness (QED) is 0.00906. The first kappa shape index (κ1) is 77.2. The van der Waals surface area contributed by atoms with Crippen molar-refractivity contribution in [1.29, 1.82) is 0 Å². The number of carboxylic acids is 2. The minimum Gasteiger partial charge on any atom is -0.481 e. The van der Waals surface area contributed by atoms with Gasteiger partial charge >= 0.3 is 41.8 Å². The van der Waals surface area contributed by atoms with E-state index >= 15 is 4.79 Å². The highest BCUT2D eigenvalue weighted by molar-refractivity contribution is 8.76. The van der Waals surface area contributed by atoms with Crippen LogP contribution in [0.15, 0.2) is 137 Å².